The number of benzene rings is 1. The van der Waals surface area contributed by atoms with Gasteiger partial charge in [-0.2, -0.15) is 5.10 Å². The molecule has 0 spiro atoms. The Morgan fingerprint density at radius 1 is 0.958 bits per heavy atom. The lowest BCUT2D eigenvalue weighted by molar-refractivity contribution is 0.825. The van der Waals surface area contributed by atoms with Crippen molar-refractivity contribution in [1.29, 1.82) is 0 Å². The maximum absolute atomic E-state index is 6.27. The number of halogens is 1. The number of H-pyrrole nitrogens is 1. The van der Waals surface area contributed by atoms with E-state index in [1.165, 1.54) is 0 Å². The first kappa shape index (κ1) is 16.0. The number of nitrogens with one attached hydrogen (secondary N) is 1. The van der Waals surface area contributed by atoms with Gasteiger partial charge in [0.15, 0.2) is 0 Å². The van der Waals surface area contributed by atoms with Gasteiger partial charge < -0.3 is 5.73 Å². The van der Waals surface area contributed by atoms with Crippen molar-refractivity contribution in [3.63, 3.8) is 0 Å². The van der Waals surface area contributed by atoms with Crippen molar-refractivity contribution >= 4 is 23.4 Å². The molecule has 7 heteroatoms. The van der Waals surface area contributed by atoms with Crippen molar-refractivity contribution in [2.45, 2.75) is 6.04 Å². The van der Waals surface area contributed by atoms with Gasteiger partial charge in [-0.3, -0.25) is 15.1 Å². The summed E-state index contributed by atoms with van der Waals surface area (Å²) in [5.41, 5.74) is 11.7. The lowest BCUT2D eigenvalue weighted by atomic mass is 10.1. The van der Waals surface area contributed by atoms with Gasteiger partial charge in [0.1, 0.15) is 0 Å². The van der Waals surface area contributed by atoms with E-state index in [1.807, 2.05) is 36.5 Å². The van der Waals surface area contributed by atoms with Crippen LogP contribution < -0.4 is 5.73 Å². The van der Waals surface area contributed by atoms with E-state index in [9.17, 15) is 0 Å². The Hall–Kier alpha value is -2.83. The summed E-state index contributed by atoms with van der Waals surface area (Å²) in [7, 11) is 0. The third-order valence-electron chi connectivity index (χ3n) is 3.78. The first-order valence-corrected chi connectivity index (χ1v) is 7.22. The van der Waals surface area contributed by atoms with Gasteiger partial charge in [0.2, 0.25) is 0 Å². The maximum atomic E-state index is 6.27. The fraction of sp³-hybridized carbons (Fsp3) is 0.0588. The molecule has 3 aromatic heterocycles. The van der Waals surface area contributed by atoms with Crippen molar-refractivity contribution in [3.05, 3.63) is 72.6 Å². The zero-order chi connectivity index (χ0) is 15.6. The van der Waals surface area contributed by atoms with E-state index in [-0.39, 0.29) is 18.4 Å². The molecule has 24 heavy (non-hydrogen) atoms. The zero-order valence-corrected chi connectivity index (χ0v) is 13.4. The molecule has 1 atom stereocenters. The average molecular weight is 339 g/mol. The minimum absolute atomic E-state index is 0. The minimum Gasteiger partial charge on any atom is -0.319 e. The van der Waals surface area contributed by atoms with Crippen molar-refractivity contribution in [3.8, 4) is 11.1 Å². The van der Waals surface area contributed by atoms with Gasteiger partial charge in [0.25, 0.3) is 0 Å². The molecule has 0 aliphatic carbocycles. The van der Waals surface area contributed by atoms with E-state index in [0.29, 0.717) is 0 Å². The number of rotatable bonds is 3. The lowest BCUT2D eigenvalue weighted by Crippen LogP contribution is -2.14. The number of hydrogen-bond acceptors (Lipinski definition) is 5. The second-order valence-electron chi connectivity index (χ2n) is 5.24. The Morgan fingerprint density at radius 2 is 1.79 bits per heavy atom. The molecule has 3 heterocycles. The number of pyridine rings is 1. The monoisotopic (exact) mass is 338 g/mol. The van der Waals surface area contributed by atoms with Gasteiger partial charge in [-0.05, 0) is 35.4 Å². The number of nitrogens with zero attached hydrogens (tertiary/aromatic N) is 4. The fourth-order valence-electron chi connectivity index (χ4n) is 2.50. The zero-order valence-electron chi connectivity index (χ0n) is 12.6. The molecule has 0 bridgehead atoms. The molecule has 0 amide bonds. The van der Waals surface area contributed by atoms with Crippen molar-refractivity contribution < 1.29 is 0 Å². The second kappa shape index (κ2) is 6.74. The van der Waals surface area contributed by atoms with E-state index in [0.717, 1.165) is 33.4 Å². The maximum Gasteiger partial charge on any atom is 0.0893 e. The summed E-state index contributed by atoms with van der Waals surface area (Å²) in [4.78, 5) is 13.2. The Bertz CT molecular complexity index is 940. The molecule has 0 saturated carbocycles. The largest absolute Gasteiger partial charge is 0.319 e. The topological polar surface area (TPSA) is 93.4 Å². The highest BCUT2D eigenvalue weighted by Gasteiger charge is 2.12. The summed E-state index contributed by atoms with van der Waals surface area (Å²) in [6.45, 7) is 0. The van der Waals surface area contributed by atoms with Crippen LogP contribution in [0.25, 0.3) is 22.2 Å². The number of aromatic amines is 1. The summed E-state index contributed by atoms with van der Waals surface area (Å²) in [6, 6.07) is 9.41. The molecule has 4 aromatic rings. The molecule has 4 rings (SSSR count). The Kier molecular flexibility index (Phi) is 4.50. The SMILES string of the molecule is Cl.NC(c1ccncc1)c1cnc2cc(-c3cn[nH]c3)ccc2n1. The van der Waals surface area contributed by atoms with Crippen LogP contribution in [0.2, 0.25) is 0 Å². The van der Waals surface area contributed by atoms with Gasteiger partial charge in [-0.1, -0.05) is 6.07 Å². The van der Waals surface area contributed by atoms with E-state index in [2.05, 4.69) is 25.1 Å². The van der Waals surface area contributed by atoms with E-state index in [4.69, 9.17) is 5.73 Å². The Labute approximate surface area is 144 Å². The van der Waals surface area contributed by atoms with E-state index < -0.39 is 0 Å². The minimum atomic E-state index is -0.316. The van der Waals surface area contributed by atoms with Gasteiger partial charge in [0.05, 0.1) is 35.2 Å². The van der Waals surface area contributed by atoms with E-state index in [1.54, 1.807) is 24.8 Å². The average Bonchev–Trinajstić information content (AvgIpc) is 3.15. The Morgan fingerprint density at radius 3 is 2.54 bits per heavy atom. The van der Waals surface area contributed by atoms with Crippen molar-refractivity contribution in [2.75, 3.05) is 0 Å². The summed E-state index contributed by atoms with van der Waals surface area (Å²) >= 11 is 0. The van der Waals surface area contributed by atoms with Gasteiger partial charge >= 0.3 is 0 Å². The number of aromatic nitrogens is 5. The molecule has 1 unspecified atom stereocenters. The predicted octanol–water partition coefficient (Wildman–Crippen LogP) is 2.88. The van der Waals surface area contributed by atoms with Crippen LogP contribution >= 0.6 is 12.4 Å². The van der Waals surface area contributed by atoms with Crippen LogP contribution in [0.1, 0.15) is 17.3 Å². The number of fused-ring (bicyclic) bond motifs is 1. The lowest BCUT2D eigenvalue weighted by Gasteiger charge is -2.11. The number of hydrogen-bond donors (Lipinski definition) is 2. The van der Waals surface area contributed by atoms with Crippen LogP contribution in [-0.4, -0.2) is 25.1 Å². The second-order valence-corrected chi connectivity index (χ2v) is 5.24. The van der Waals surface area contributed by atoms with E-state index >= 15 is 0 Å². The van der Waals surface area contributed by atoms with Crippen molar-refractivity contribution in [1.82, 2.24) is 25.1 Å². The first-order valence-electron chi connectivity index (χ1n) is 7.22. The van der Waals surface area contributed by atoms with Crippen LogP contribution in [0.15, 0.2) is 61.3 Å². The smallest absolute Gasteiger partial charge is 0.0893 e. The fourth-order valence-corrected chi connectivity index (χ4v) is 2.50. The standard InChI is InChI=1S/C17H14N6.ClH/c18-17(11-3-5-19-6-4-11)16-10-20-15-7-12(1-2-14(15)23-16)13-8-21-22-9-13;/h1-10,17H,18H2,(H,21,22);1H. The Balaban J connectivity index is 0.00000169. The summed E-state index contributed by atoms with van der Waals surface area (Å²) in [6.07, 6.45) is 8.80. The number of nitrogens with two attached hydrogens (primary N) is 1. The molecule has 3 N–H and O–H groups in total. The highest BCUT2D eigenvalue weighted by Crippen LogP contribution is 2.23. The highest BCUT2D eigenvalue weighted by atomic mass is 35.5. The third-order valence-corrected chi connectivity index (χ3v) is 3.78. The van der Waals surface area contributed by atoms with Crippen LogP contribution in [-0.2, 0) is 0 Å². The molecular formula is C17H15ClN6. The summed E-state index contributed by atoms with van der Waals surface area (Å²) in [5.74, 6) is 0. The molecule has 120 valence electrons. The quantitative estimate of drug-likeness (QED) is 0.599. The molecule has 0 aliphatic heterocycles. The molecule has 6 nitrogen and oxygen atoms in total. The summed E-state index contributed by atoms with van der Waals surface area (Å²) < 4.78 is 0. The molecule has 0 aliphatic rings. The molecule has 0 fully saturated rings. The van der Waals surface area contributed by atoms with Crippen LogP contribution in [0.5, 0.6) is 0 Å². The van der Waals surface area contributed by atoms with Crippen molar-refractivity contribution in [2.24, 2.45) is 5.73 Å². The van der Waals surface area contributed by atoms with Gasteiger partial charge in [-0.25, -0.2) is 4.98 Å². The van der Waals surface area contributed by atoms with Gasteiger partial charge in [-0.15, -0.1) is 12.4 Å². The van der Waals surface area contributed by atoms with Crippen LogP contribution in [0, 0.1) is 0 Å². The highest BCUT2D eigenvalue weighted by molar-refractivity contribution is 5.85. The molecule has 1 aromatic carbocycles. The first-order chi connectivity index (χ1) is 11.3. The van der Waals surface area contributed by atoms with Crippen LogP contribution in [0.3, 0.4) is 0 Å². The van der Waals surface area contributed by atoms with Gasteiger partial charge in [0, 0.05) is 24.2 Å². The third kappa shape index (κ3) is 2.97. The van der Waals surface area contributed by atoms with Crippen LogP contribution in [0.4, 0.5) is 0 Å². The molecular weight excluding hydrogens is 324 g/mol. The molecule has 0 saturated heterocycles. The normalized spacial score (nSPS) is 11.9. The summed E-state index contributed by atoms with van der Waals surface area (Å²) in [5, 5.41) is 6.78. The molecule has 0 radical (unpaired) electrons. The predicted molar refractivity (Wildman–Crippen MR) is 94.6 cm³/mol.